The molecule has 0 saturated heterocycles. The van der Waals surface area contributed by atoms with E-state index in [9.17, 15) is 4.79 Å². The lowest BCUT2D eigenvalue weighted by Crippen LogP contribution is -2.22. The number of carbonyl (C=O) groups excluding carboxylic acids is 1. The molecule has 6 heteroatoms. The molecule has 144 valence electrons. The summed E-state index contributed by atoms with van der Waals surface area (Å²) in [5.74, 6) is 0. The summed E-state index contributed by atoms with van der Waals surface area (Å²) in [6.45, 7) is 1.96. The molecule has 0 spiro atoms. The molecule has 1 amide bonds. The topological polar surface area (TPSA) is 79.9 Å². The normalized spacial score (nSPS) is 16.0. The van der Waals surface area contributed by atoms with Crippen molar-refractivity contribution in [2.75, 3.05) is 5.32 Å². The van der Waals surface area contributed by atoms with Gasteiger partial charge in [0.15, 0.2) is 0 Å². The quantitative estimate of drug-likeness (QED) is 0.539. The maximum atomic E-state index is 12.3. The van der Waals surface area contributed by atoms with Gasteiger partial charge in [-0.3, -0.25) is 15.4 Å². The van der Waals surface area contributed by atoms with Crippen LogP contribution in [-0.2, 0) is 17.6 Å². The second-order valence-corrected chi connectivity index (χ2v) is 7.36. The predicted molar refractivity (Wildman–Crippen MR) is 112 cm³/mol. The molecular weight excluding hydrogens is 364 g/mol. The summed E-state index contributed by atoms with van der Waals surface area (Å²) in [5.41, 5.74) is 6.65. The number of cyclic esters (lactones) is 1. The van der Waals surface area contributed by atoms with Crippen LogP contribution in [0.4, 0.5) is 10.5 Å². The Balaban J connectivity index is 1.54. The van der Waals surface area contributed by atoms with E-state index in [0.717, 1.165) is 44.7 Å². The van der Waals surface area contributed by atoms with Crippen LogP contribution in [0.1, 0.15) is 16.8 Å². The van der Waals surface area contributed by atoms with Crippen molar-refractivity contribution >= 4 is 22.7 Å². The lowest BCUT2D eigenvalue weighted by Gasteiger charge is -2.14. The predicted octanol–water partition coefficient (Wildman–Crippen LogP) is 4.65. The van der Waals surface area contributed by atoms with Crippen LogP contribution >= 0.6 is 0 Å². The lowest BCUT2D eigenvalue weighted by atomic mass is 9.98. The molecule has 5 rings (SSSR count). The van der Waals surface area contributed by atoms with E-state index in [4.69, 9.17) is 4.74 Å². The molecule has 6 nitrogen and oxygen atoms in total. The first kappa shape index (κ1) is 17.4. The van der Waals surface area contributed by atoms with Gasteiger partial charge in [0.1, 0.15) is 11.8 Å². The summed E-state index contributed by atoms with van der Waals surface area (Å²) < 4.78 is 5.65. The van der Waals surface area contributed by atoms with Crippen molar-refractivity contribution in [2.24, 2.45) is 0 Å². The number of rotatable bonds is 3. The van der Waals surface area contributed by atoms with E-state index in [1.165, 1.54) is 0 Å². The number of anilines is 1. The Morgan fingerprint density at radius 2 is 2.00 bits per heavy atom. The maximum Gasteiger partial charge on any atom is 0.411 e. The number of benzene rings is 2. The zero-order valence-corrected chi connectivity index (χ0v) is 16.0. The third-order valence-electron chi connectivity index (χ3n) is 5.22. The number of fused-ring (bicyclic) bond motifs is 2. The molecule has 3 heterocycles. The summed E-state index contributed by atoms with van der Waals surface area (Å²) >= 11 is 0. The van der Waals surface area contributed by atoms with Crippen molar-refractivity contribution < 1.29 is 9.53 Å². The molecule has 29 heavy (non-hydrogen) atoms. The number of amides is 1. The number of hydrogen-bond donors (Lipinski definition) is 2. The largest absolute Gasteiger partial charge is 0.445 e. The number of nitrogens with zero attached hydrogens (tertiary/aromatic N) is 2. The first-order valence-corrected chi connectivity index (χ1v) is 9.61. The van der Waals surface area contributed by atoms with Crippen molar-refractivity contribution in [1.82, 2.24) is 15.2 Å². The van der Waals surface area contributed by atoms with Crippen molar-refractivity contribution in [3.05, 3.63) is 77.6 Å². The van der Waals surface area contributed by atoms with Gasteiger partial charge in [0.2, 0.25) is 0 Å². The molecule has 0 saturated carbocycles. The smallest absolute Gasteiger partial charge is 0.411 e. The highest BCUT2D eigenvalue weighted by Crippen LogP contribution is 2.33. The van der Waals surface area contributed by atoms with Crippen LogP contribution in [0.25, 0.3) is 22.2 Å². The molecule has 2 N–H and O–H groups in total. The standard InChI is InChI=1S/C23H20N4O2/c1-14-9-16(7-8-24-14)22-19-12-17-11-18(10-15-5-3-2-4-6-15)29-23(28)25-20(17)13-21(19)26-27-22/h2-9,12-13,18H,10-11H2,1H3,(H,25,28)(H,26,27). The summed E-state index contributed by atoms with van der Waals surface area (Å²) in [4.78, 5) is 16.5. The van der Waals surface area contributed by atoms with Crippen molar-refractivity contribution in [3.8, 4) is 11.3 Å². The number of pyridine rings is 1. The highest BCUT2D eigenvalue weighted by atomic mass is 16.6. The lowest BCUT2D eigenvalue weighted by molar-refractivity contribution is 0.113. The Bertz CT molecular complexity index is 1200. The number of ether oxygens (including phenoxy) is 1. The van der Waals surface area contributed by atoms with Crippen molar-refractivity contribution in [1.29, 1.82) is 0 Å². The fourth-order valence-corrected chi connectivity index (χ4v) is 3.88. The third kappa shape index (κ3) is 3.45. The van der Waals surface area contributed by atoms with E-state index in [2.05, 4.69) is 38.7 Å². The number of aryl methyl sites for hydroxylation is 1. The van der Waals surface area contributed by atoms with Crippen LogP contribution in [0.2, 0.25) is 0 Å². The molecule has 2 aromatic heterocycles. The van der Waals surface area contributed by atoms with E-state index in [0.29, 0.717) is 12.8 Å². The van der Waals surface area contributed by atoms with E-state index < -0.39 is 6.09 Å². The van der Waals surface area contributed by atoms with E-state index in [1.54, 1.807) is 6.20 Å². The fraction of sp³-hybridized carbons (Fsp3) is 0.174. The minimum absolute atomic E-state index is 0.227. The van der Waals surface area contributed by atoms with Crippen LogP contribution in [0.15, 0.2) is 60.8 Å². The summed E-state index contributed by atoms with van der Waals surface area (Å²) in [6.07, 6.45) is 2.45. The zero-order valence-electron chi connectivity index (χ0n) is 16.0. The summed E-state index contributed by atoms with van der Waals surface area (Å²) in [5, 5.41) is 11.5. The highest BCUT2D eigenvalue weighted by Gasteiger charge is 2.24. The fourth-order valence-electron chi connectivity index (χ4n) is 3.88. The number of carbonyl (C=O) groups is 1. The molecule has 0 fully saturated rings. The van der Waals surface area contributed by atoms with Gasteiger partial charge >= 0.3 is 6.09 Å². The third-order valence-corrected chi connectivity index (χ3v) is 5.22. The SMILES string of the molecule is Cc1cc(-c2n[nH]c3cc4c(cc23)CC(Cc2ccccc2)OC(=O)N4)ccn1. The second kappa shape index (κ2) is 7.05. The van der Waals surface area contributed by atoms with Crippen LogP contribution in [0.5, 0.6) is 0 Å². The van der Waals surface area contributed by atoms with Crippen LogP contribution in [0, 0.1) is 6.92 Å². The van der Waals surface area contributed by atoms with Gasteiger partial charge < -0.3 is 4.74 Å². The van der Waals surface area contributed by atoms with Gasteiger partial charge in [-0.05, 0) is 42.3 Å². The van der Waals surface area contributed by atoms with E-state index in [1.807, 2.05) is 43.3 Å². The number of H-pyrrole nitrogens is 1. The number of hydrogen-bond acceptors (Lipinski definition) is 4. The first-order valence-electron chi connectivity index (χ1n) is 9.61. The van der Waals surface area contributed by atoms with Gasteiger partial charge in [-0.25, -0.2) is 4.79 Å². The minimum atomic E-state index is -0.423. The molecular formula is C23H20N4O2. The van der Waals surface area contributed by atoms with Gasteiger partial charge in [-0.2, -0.15) is 5.10 Å². The summed E-state index contributed by atoms with van der Waals surface area (Å²) in [6, 6.07) is 18.1. The number of aromatic nitrogens is 3. The van der Waals surface area contributed by atoms with Gasteiger partial charge in [0.25, 0.3) is 0 Å². The van der Waals surface area contributed by atoms with Crippen LogP contribution in [-0.4, -0.2) is 27.4 Å². The molecule has 4 aromatic rings. The van der Waals surface area contributed by atoms with Gasteiger partial charge in [0, 0.05) is 41.4 Å². The molecule has 1 aliphatic rings. The Morgan fingerprint density at radius 1 is 1.14 bits per heavy atom. The average molecular weight is 384 g/mol. The Hall–Kier alpha value is -3.67. The van der Waals surface area contributed by atoms with Gasteiger partial charge in [0.05, 0.1) is 5.52 Å². The van der Waals surface area contributed by atoms with Crippen LogP contribution in [0.3, 0.4) is 0 Å². The van der Waals surface area contributed by atoms with Gasteiger partial charge in [-0.15, -0.1) is 0 Å². The minimum Gasteiger partial charge on any atom is -0.445 e. The average Bonchev–Trinajstić information content (AvgIpc) is 3.04. The molecule has 0 radical (unpaired) electrons. The van der Waals surface area contributed by atoms with Crippen molar-refractivity contribution in [3.63, 3.8) is 0 Å². The van der Waals surface area contributed by atoms with Gasteiger partial charge in [-0.1, -0.05) is 30.3 Å². The first-order chi connectivity index (χ1) is 14.2. The monoisotopic (exact) mass is 384 g/mol. The number of nitrogens with one attached hydrogen (secondary N) is 2. The molecule has 1 atom stereocenters. The molecule has 1 unspecified atom stereocenters. The zero-order chi connectivity index (χ0) is 19.8. The maximum absolute atomic E-state index is 12.3. The molecule has 1 aliphatic heterocycles. The molecule has 0 aliphatic carbocycles. The van der Waals surface area contributed by atoms with Crippen molar-refractivity contribution in [2.45, 2.75) is 25.9 Å². The Kier molecular flexibility index (Phi) is 4.24. The highest BCUT2D eigenvalue weighted by molar-refractivity contribution is 5.98. The Morgan fingerprint density at radius 3 is 2.83 bits per heavy atom. The Labute approximate surface area is 167 Å². The number of aromatic amines is 1. The molecule has 0 bridgehead atoms. The summed E-state index contributed by atoms with van der Waals surface area (Å²) in [7, 11) is 0. The van der Waals surface area contributed by atoms with E-state index >= 15 is 0 Å². The molecule has 2 aromatic carbocycles. The van der Waals surface area contributed by atoms with Crippen LogP contribution < -0.4 is 5.32 Å². The van der Waals surface area contributed by atoms with E-state index in [-0.39, 0.29) is 6.10 Å². The second-order valence-electron chi connectivity index (χ2n) is 7.36.